The molecule has 3 heteroatoms. The predicted octanol–water partition coefficient (Wildman–Crippen LogP) is 1.20. The highest BCUT2D eigenvalue weighted by Crippen LogP contribution is 2.12. The third-order valence-corrected chi connectivity index (χ3v) is 1.85. The van der Waals surface area contributed by atoms with E-state index in [4.69, 9.17) is 0 Å². The number of aliphatic hydroxyl groups excluding tert-OH is 1. The van der Waals surface area contributed by atoms with Gasteiger partial charge in [-0.05, 0) is 12.5 Å². The zero-order chi connectivity index (χ0) is 11.3. The second-order valence-electron chi connectivity index (χ2n) is 3.08. The number of rotatable bonds is 1. The van der Waals surface area contributed by atoms with E-state index in [2.05, 4.69) is 16.6 Å². The van der Waals surface area contributed by atoms with Gasteiger partial charge < -0.3 is 9.84 Å². The molecule has 0 amide bonds. The molecule has 1 aromatic rings. The molecule has 1 N–H and O–H groups in total. The fourth-order valence-corrected chi connectivity index (χ4v) is 1.10. The van der Waals surface area contributed by atoms with Crippen molar-refractivity contribution in [1.29, 1.82) is 0 Å². The first-order valence-electron chi connectivity index (χ1n) is 4.47. The molecule has 0 saturated heterocycles. The lowest BCUT2D eigenvalue weighted by Gasteiger charge is -2.03. The summed E-state index contributed by atoms with van der Waals surface area (Å²) in [5.41, 5.74) is 1.71. The third kappa shape index (κ3) is 3.45. The number of benzene rings is 1. The van der Waals surface area contributed by atoms with Crippen molar-refractivity contribution in [3.63, 3.8) is 0 Å². The normalized spacial score (nSPS) is 11.1. The van der Waals surface area contributed by atoms with Crippen molar-refractivity contribution in [3.8, 4) is 11.8 Å². The van der Waals surface area contributed by atoms with Crippen LogP contribution in [0.2, 0.25) is 0 Å². The minimum Gasteiger partial charge on any atom is -0.459 e. The Morgan fingerprint density at radius 1 is 1.53 bits per heavy atom. The molecule has 1 atom stereocenters. The van der Waals surface area contributed by atoms with Gasteiger partial charge in [-0.1, -0.05) is 35.7 Å². The Hall–Kier alpha value is -1.79. The maximum Gasteiger partial charge on any atom is 0.384 e. The highest BCUT2D eigenvalue weighted by Gasteiger charge is 2.03. The molecule has 1 unspecified atom stereocenters. The first-order chi connectivity index (χ1) is 7.13. The second kappa shape index (κ2) is 5.18. The van der Waals surface area contributed by atoms with E-state index < -0.39 is 12.1 Å². The summed E-state index contributed by atoms with van der Waals surface area (Å²) in [6.45, 7) is 1.92. The Bertz CT molecular complexity index is 412. The van der Waals surface area contributed by atoms with Gasteiger partial charge in [0.15, 0.2) is 0 Å². The number of hydrogen-bond acceptors (Lipinski definition) is 3. The number of aliphatic hydroxyl groups is 1. The lowest BCUT2D eigenvalue weighted by molar-refractivity contribution is -0.133. The lowest BCUT2D eigenvalue weighted by Crippen LogP contribution is -1.98. The highest BCUT2D eigenvalue weighted by atomic mass is 16.5. The molecule has 3 nitrogen and oxygen atoms in total. The van der Waals surface area contributed by atoms with Crippen molar-refractivity contribution >= 4 is 5.97 Å². The van der Waals surface area contributed by atoms with Crippen LogP contribution < -0.4 is 0 Å². The number of ether oxygens (including phenoxy) is 1. The van der Waals surface area contributed by atoms with Crippen molar-refractivity contribution in [2.24, 2.45) is 0 Å². The summed E-state index contributed by atoms with van der Waals surface area (Å²) < 4.78 is 4.34. The molecule has 0 radical (unpaired) electrons. The van der Waals surface area contributed by atoms with Gasteiger partial charge >= 0.3 is 5.97 Å². The van der Waals surface area contributed by atoms with Crippen LogP contribution in [-0.2, 0) is 9.53 Å². The molecule has 0 heterocycles. The third-order valence-electron chi connectivity index (χ3n) is 1.85. The Kier molecular flexibility index (Phi) is 3.90. The molecule has 0 spiro atoms. The van der Waals surface area contributed by atoms with Gasteiger partial charge in [-0.2, -0.15) is 0 Å². The van der Waals surface area contributed by atoms with Crippen LogP contribution in [0, 0.1) is 18.8 Å². The predicted molar refractivity (Wildman–Crippen MR) is 55.9 cm³/mol. The number of hydrogen-bond donors (Lipinski definition) is 1. The van der Waals surface area contributed by atoms with Crippen molar-refractivity contribution in [1.82, 2.24) is 0 Å². The van der Waals surface area contributed by atoms with Gasteiger partial charge in [-0.15, -0.1) is 0 Å². The molecule has 0 aliphatic carbocycles. The van der Waals surface area contributed by atoms with Gasteiger partial charge in [0, 0.05) is 5.92 Å². The molecule has 15 heavy (non-hydrogen) atoms. The van der Waals surface area contributed by atoms with Gasteiger partial charge in [0.2, 0.25) is 0 Å². The minimum absolute atomic E-state index is 0.651. The number of aryl methyl sites for hydroxylation is 1. The molecule has 0 bridgehead atoms. The Labute approximate surface area is 88.7 Å². The Morgan fingerprint density at radius 3 is 2.87 bits per heavy atom. The van der Waals surface area contributed by atoms with Crippen molar-refractivity contribution in [2.45, 2.75) is 13.0 Å². The Morgan fingerprint density at radius 2 is 2.27 bits per heavy atom. The average Bonchev–Trinajstić information content (AvgIpc) is 2.25. The van der Waals surface area contributed by atoms with Gasteiger partial charge in [0.25, 0.3) is 0 Å². The van der Waals surface area contributed by atoms with E-state index >= 15 is 0 Å². The molecule has 0 aliphatic heterocycles. The van der Waals surface area contributed by atoms with E-state index in [1.54, 1.807) is 6.07 Å². The zero-order valence-corrected chi connectivity index (χ0v) is 8.65. The second-order valence-corrected chi connectivity index (χ2v) is 3.08. The summed E-state index contributed by atoms with van der Waals surface area (Å²) in [5.74, 6) is 3.95. The summed E-state index contributed by atoms with van der Waals surface area (Å²) >= 11 is 0. The lowest BCUT2D eigenvalue weighted by atomic mass is 10.1. The van der Waals surface area contributed by atoms with Crippen molar-refractivity contribution < 1.29 is 14.6 Å². The van der Waals surface area contributed by atoms with Crippen LogP contribution in [0.3, 0.4) is 0 Å². The zero-order valence-electron chi connectivity index (χ0n) is 8.65. The quantitative estimate of drug-likeness (QED) is 0.425. The standard InChI is InChI=1S/C12H12O3/c1-9-4-3-5-10(8-9)11(13)6-7-12(14)15-2/h3-5,8,11,13H,1-2H3. The van der Waals surface area contributed by atoms with Gasteiger partial charge in [0.05, 0.1) is 7.11 Å². The van der Waals surface area contributed by atoms with E-state index in [0.29, 0.717) is 5.56 Å². The van der Waals surface area contributed by atoms with E-state index in [1.807, 2.05) is 25.1 Å². The smallest absolute Gasteiger partial charge is 0.384 e. The SMILES string of the molecule is COC(=O)C#CC(O)c1cccc(C)c1. The molecule has 0 fully saturated rings. The number of carbonyl (C=O) groups is 1. The van der Waals surface area contributed by atoms with E-state index in [9.17, 15) is 9.90 Å². The molecule has 1 aromatic carbocycles. The van der Waals surface area contributed by atoms with Crippen LogP contribution in [0.4, 0.5) is 0 Å². The van der Waals surface area contributed by atoms with Crippen LogP contribution in [0.25, 0.3) is 0 Å². The monoisotopic (exact) mass is 204 g/mol. The first kappa shape index (κ1) is 11.3. The summed E-state index contributed by atoms with van der Waals surface area (Å²) in [4.78, 5) is 10.7. The summed E-state index contributed by atoms with van der Waals surface area (Å²) in [5, 5.41) is 9.61. The molecule has 0 aromatic heterocycles. The maximum atomic E-state index is 10.7. The summed E-state index contributed by atoms with van der Waals surface area (Å²) in [7, 11) is 1.25. The van der Waals surface area contributed by atoms with Crippen LogP contribution in [-0.4, -0.2) is 18.2 Å². The van der Waals surface area contributed by atoms with E-state index in [1.165, 1.54) is 7.11 Å². The number of esters is 1. The van der Waals surface area contributed by atoms with Crippen molar-refractivity contribution in [3.05, 3.63) is 35.4 Å². The van der Waals surface area contributed by atoms with Crippen LogP contribution in [0.1, 0.15) is 17.2 Å². The average molecular weight is 204 g/mol. The molecule has 78 valence electrons. The topological polar surface area (TPSA) is 46.5 Å². The summed E-state index contributed by atoms with van der Waals surface area (Å²) in [6, 6.07) is 7.32. The molecule has 0 aliphatic rings. The molecular weight excluding hydrogens is 192 g/mol. The van der Waals surface area contributed by atoms with Crippen LogP contribution in [0.15, 0.2) is 24.3 Å². The fourth-order valence-electron chi connectivity index (χ4n) is 1.10. The van der Waals surface area contributed by atoms with E-state index in [0.717, 1.165) is 5.56 Å². The Balaban J connectivity index is 2.80. The summed E-state index contributed by atoms with van der Waals surface area (Å²) in [6.07, 6.45) is -0.955. The molecule has 0 saturated carbocycles. The largest absolute Gasteiger partial charge is 0.459 e. The number of carbonyl (C=O) groups excluding carboxylic acids is 1. The van der Waals surface area contributed by atoms with Gasteiger partial charge in [-0.3, -0.25) is 0 Å². The van der Waals surface area contributed by atoms with Crippen LogP contribution in [0.5, 0.6) is 0 Å². The molecule has 1 rings (SSSR count). The maximum absolute atomic E-state index is 10.7. The first-order valence-corrected chi connectivity index (χ1v) is 4.47. The van der Waals surface area contributed by atoms with Crippen molar-refractivity contribution in [2.75, 3.05) is 7.11 Å². The van der Waals surface area contributed by atoms with Crippen LogP contribution >= 0.6 is 0 Å². The number of methoxy groups -OCH3 is 1. The minimum atomic E-state index is -0.955. The van der Waals surface area contributed by atoms with E-state index in [-0.39, 0.29) is 0 Å². The van der Waals surface area contributed by atoms with Gasteiger partial charge in [-0.25, -0.2) is 4.79 Å². The van der Waals surface area contributed by atoms with Gasteiger partial charge in [0.1, 0.15) is 6.10 Å². The fraction of sp³-hybridized carbons (Fsp3) is 0.250. The molecular formula is C12H12O3. The highest BCUT2D eigenvalue weighted by molar-refractivity contribution is 5.88.